The molecular formula is C14H14N4O2S. The molecule has 7 heteroatoms. The fraction of sp³-hybridized carbons (Fsp3) is 0.286. The number of benzene rings is 1. The van der Waals surface area contributed by atoms with Crippen molar-refractivity contribution in [3.05, 3.63) is 34.3 Å². The number of aryl methyl sites for hydroxylation is 3. The molecule has 0 spiro atoms. The van der Waals surface area contributed by atoms with E-state index in [-0.39, 0.29) is 0 Å². The summed E-state index contributed by atoms with van der Waals surface area (Å²) in [5.41, 5.74) is 3.21. The summed E-state index contributed by atoms with van der Waals surface area (Å²) < 4.78 is 0. The van der Waals surface area contributed by atoms with Crippen LogP contribution in [-0.4, -0.2) is 22.0 Å². The Bertz CT molecular complexity index is 711. The van der Waals surface area contributed by atoms with Crippen LogP contribution in [0.15, 0.2) is 18.2 Å². The van der Waals surface area contributed by atoms with Gasteiger partial charge < -0.3 is 5.32 Å². The van der Waals surface area contributed by atoms with Crippen LogP contribution in [0.4, 0.5) is 10.8 Å². The third-order valence-corrected chi connectivity index (χ3v) is 4.06. The molecule has 1 aliphatic rings. The fourth-order valence-electron chi connectivity index (χ4n) is 2.34. The normalized spacial score (nSPS) is 12.8. The van der Waals surface area contributed by atoms with Crippen LogP contribution in [-0.2, 0) is 22.4 Å². The first-order valence-corrected chi connectivity index (χ1v) is 7.48. The van der Waals surface area contributed by atoms with Crippen molar-refractivity contribution in [2.75, 3.05) is 10.6 Å². The molecule has 0 saturated carbocycles. The minimum Gasteiger partial charge on any atom is -0.318 e. The Hall–Kier alpha value is -2.28. The first kappa shape index (κ1) is 13.7. The molecule has 108 valence electrons. The molecule has 1 aliphatic carbocycles. The number of carbonyl (C=O) groups is 2. The topological polar surface area (TPSA) is 84.0 Å². The summed E-state index contributed by atoms with van der Waals surface area (Å²) in [7, 11) is 0. The Labute approximate surface area is 125 Å². The lowest BCUT2D eigenvalue weighted by Crippen LogP contribution is -2.29. The lowest BCUT2D eigenvalue weighted by atomic mass is 10.1. The zero-order valence-corrected chi connectivity index (χ0v) is 12.3. The predicted molar refractivity (Wildman–Crippen MR) is 80.4 cm³/mol. The zero-order chi connectivity index (χ0) is 14.8. The summed E-state index contributed by atoms with van der Waals surface area (Å²) in [6, 6.07) is 5.76. The number of aromatic nitrogens is 2. The number of anilines is 2. The first-order valence-electron chi connectivity index (χ1n) is 6.66. The highest BCUT2D eigenvalue weighted by molar-refractivity contribution is 7.15. The van der Waals surface area contributed by atoms with Crippen LogP contribution in [0.3, 0.4) is 0 Å². The van der Waals surface area contributed by atoms with Crippen molar-refractivity contribution >= 4 is 34.0 Å². The minimum atomic E-state index is -0.744. The van der Waals surface area contributed by atoms with E-state index in [4.69, 9.17) is 0 Å². The lowest BCUT2D eigenvalue weighted by molar-refractivity contribution is -0.133. The second kappa shape index (κ2) is 5.61. The van der Waals surface area contributed by atoms with Crippen LogP contribution in [0.1, 0.15) is 22.6 Å². The Morgan fingerprint density at radius 3 is 2.62 bits per heavy atom. The van der Waals surface area contributed by atoms with Gasteiger partial charge in [0, 0.05) is 5.69 Å². The second-order valence-electron chi connectivity index (χ2n) is 4.87. The second-order valence-corrected chi connectivity index (χ2v) is 6.05. The number of fused-ring (bicyclic) bond motifs is 1. The van der Waals surface area contributed by atoms with E-state index in [1.807, 2.05) is 18.2 Å². The van der Waals surface area contributed by atoms with E-state index in [9.17, 15) is 9.59 Å². The van der Waals surface area contributed by atoms with Gasteiger partial charge in [-0.1, -0.05) is 17.4 Å². The van der Waals surface area contributed by atoms with Crippen LogP contribution in [0.25, 0.3) is 0 Å². The molecule has 1 aromatic heterocycles. The molecule has 21 heavy (non-hydrogen) atoms. The van der Waals surface area contributed by atoms with Crippen molar-refractivity contribution in [1.29, 1.82) is 0 Å². The molecule has 2 amide bonds. The van der Waals surface area contributed by atoms with E-state index in [1.165, 1.54) is 22.5 Å². The van der Waals surface area contributed by atoms with Crippen LogP contribution >= 0.6 is 11.3 Å². The molecule has 0 saturated heterocycles. The van der Waals surface area contributed by atoms with E-state index in [0.29, 0.717) is 10.8 Å². The van der Waals surface area contributed by atoms with Gasteiger partial charge in [0.1, 0.15) is 5.01 Å². The average Bonchev–Trinajstić information content (AvgIpc) is 3.07. The molecule has 1 heterocycles. The molecular weight excluding hydrogens is 288 g/mol. The number of nitrogens with one attached hydrogen (secondary N) is 2. The summed E-state index contributed by atoms with van der Waals surface area (Å²) in [5, 5.41) is 13.6. The maximum Gasteiger partial charge on any atom is 0.315 e. The average molecular weight is 302 g/mol. The molecule has 0 radical (unpaired) electrons. The van der Waals surface area contributed by atoms with E-state index in [2.05, 4.69) is 20.8 Å². The standard InChI is InChI=1S/C14H14N4O2S/c1-8-17-18-14(21-8)16-13(20)12(19)15-11-6-5-9-3-2-4-10(9)7-11/h5-7H,2-4H2,1H3,(H,15,19)(H,16,18,20). The zero-order valence-electron chi connectivity index (χ0n) is 11.5. The molecule has 0 atom stereocenters. The van der Waals surface area contributed by atoms with Gasteiger partial charge in [-0.3, -0.25) is 14.9 Å². The van der Waals surface area contributed by atoms with Gasteiger partial charge in [-0.2, -0.15) is 0 Å². The van der Waals surface area contributed by atoms with Gasteiger partial charge in [0.15, 0.2) is 0 Å². The summed E-state index contributed by atoms with van der Waals surface area (Å²) >= 11 is 1.22. The largest absolute Gasteiger partial charge is 0.318 e. The quantitative estimate of drug-likeness (QED) is 0.830. The lowest BCUT2D eigenvalue weighted by Gasteiger charge is -2.06. The van der Waals surface area contributed by atoms with Gasteiger partial charge in [0.25, 0.3) is 0 Å². The first-order chi connectivity index (χ1) is 10.1. The van der Waals surface area contributed by atoms with Gasteiger partial charge in [-0.25, -0.2) is 0 Å². The molecule has 3 rings (SSSR count). The highest BCUT2D eigenvalue weighted by atomic mass is 32.1. The number of amides is 2. The summed E-state index contributed by atoms with van der Waals surface area (Å²) in [6.45, 7) is 1.78. The number of hydrogen-bond acceptors (Lipinski definition) is 5. The van der Waals surface area contributed by atoms with Crippen LogP contribution < -0.4 is 10.6 Å². The Morgan fingerprint density at radius 1 is 1.10 bits per heavy atom. The van der Waals surface area contributed by atoms with E-state index in [1.54, 1.807) is 6.92 Å². The smallest absolute Gasteiger partial charge is 0.315 e. The van der Waals surface area contributed by atoms with Gasteiger partial charge in [0.05, 0.1) is 0 Å². The summed E-state index contributed by atoms with van der Waals surface area (Å²) in [6.07, 6.45) is 3.25. The molecule has 6 nitrogen and oxygen atoms in total. The third-order valence-electron chi connectivity index (χ3n) is 3.31. The van der Waals surface area contributed by atoms with E-state index >= 15 is 0 Å². The Balaban J connectivity index is 1.64. The number of hydrogen-bond donors (Lipinski definition) is 2. The molecule has 2 N–H and O–H groups in total. The molecule has 0 bridgehead atoms. The number of rotatable bonds is 2. The van der Waals surface area contributed by atoms with Gasteiger partial charge >= 0.3 is 11.8 Å². The van der Waals surface area contributed by atoms with Gasteiger partial charge in [-0.05, 0) is 49.4 Å². The highest BCUT2D eigenvalue weighted by Gasteiger charge is 2.17. The van der Waals surface area contributed by atoms with Crippen molar-refractivity contribution in [2.45, 2.75) is 26.2 Å². The van der Waals surface area contributed by atoms with Crippen molar-refractivity contribution in [1.82, 2.24) is 10.2 Å². The molecule has 0 unspecified atom stereocenters. The monoisotopic (exact) mass is 302 g/mol. The Morgan fingerprint density at radius 2 is 1.86 bits per heavy atom. The van der Waals surface area contributed by atoms with E-state index < -0.39 is 11.8 Å². The Kier molecular flexibility index (Phi) is 3.66. The molecule has 1 aromatic carbocycles. The van der Waals surface area contributed by atoms with Crippen LogP contribution in [0.2, 0.25) is 0 Å². The fourth-order valence-corrected chi connectivity index (χ4v) is 2.93. The highest BCUT2D eigenvalue weighted by Crippen LogP contribution is 2.24. The molecule has 0 fully saturated rings. The maximum absolute atomic E-state index is 11.9. The summed E-state index contributed by atoms with van der Waals surface area (Å²) in [4.78, 5) is 23.6. The summed E-state index contributed by atoms with van der Waals surface area (Å²) in [5.74, 6) is -1.45. The van der Waals surface area contributed by atoms with Crippen LogP contribution in [0.5, 0.6) is 0 Å². The van der Waals surface area contributed by atoms with Gasteiger partial charge in [0.2, 0.25) is 5.13 Å². The van der Waals surface area contributed by atoms with Gasteiger partial charge in [-0.15, -0.1) is 10.2 Å². The van der Waals surface area contributed by atoms with Crippen molar-refractivity contribution in [3.63, 3.8) is 0 Å². The molecule has 0 aliphatic heterocycles. The predicted octanol–water partition coefficient (Wildman–Crippen LogP) is 1.91. The number of nitrogens with zero attached hydrogens (tertiary/aromatic N) is 2. The maximum atomic E-state index is 11.9. The SMILES string of the molecule is Cc1nnc(NC(=O)C(=O)Nc2ccc3c(c2)CCC3)s1. The van der Waals surface area contributed by atoms with Crippen molar-refractivity contribution in [3.8, 4) is 0 Å². The third kappa shape index (κ3) is 3.08. The molecule has 2 aromatic rings. The minimum absolute atomic E-state index is 0.321. The van der Waals surface area contributed by atoms with E-state index in [0.717, 1.165) is 24.3 Å². The van der Waals surface area contributed by atoms with Crippen molar-refractivity contribution in [2.24, 2.45) is 0 Å². The van der Waals surface area contributed by atoms with Crippen LogP contribution in [0, 0.1) is 6.92 Å². The number of carbonyl (C=O) groups excluding carboxylic acids is 2. The van der Waals surface area contributed by atoms with Crippen molar-refractivity contribution < 1.29 is 9.59 Å².